The molecule has 0 aliphatic carbocycles. The van der Waals surface area contributed by atoms with Crippen LogP contribution in [0, 0.1) is 5.82 Å². The summed E-state index contributed by atoms with van der Waals surface area (Å²) < 4.78 is 41.7. The lowest BCUT2D eigenvalue weighted by atomic mass is 10.1. The zero-order valence-corrected chi connectivity index (χ0v) is 17.8. The minimum atomic E-state index is -2.98. The first-order valence-corrected chi connectivity index (χ1v) is 11.2. The van der Waals surface area contributed by atoms with Crippen molar-refractivity contribution < 1.29 is 27.8 Å². The molecule has 8 nitrogen and oxygen atoms in total. The Kier molecular flexibility index (Phi) is 8.45. The standard InChI is InChI=1S/C20H27FN3O5P/c1-2-27-19-18(29-15-5-9-22-10-6-15)7-11-23-20(19)24-17-4-3-14(13-16(17)21)8-12-28-30(25)26/h3-4,7,11,13,15,22,30H,2,5-6,8-10,12H2,1H3,(H,23,24)(H,25,26). The SMILES string of the molecule is CCOc1c(OC2CCNCC2)ccnc1Nc1ccc(CCO[PH](=O)O)cc1F. The van der Waals surface area contributed by atoms with Crippen molar-refractivity contribution in [3.8, 4) is 11.5 Å². The molecule has 1 aliphatic heterocycles. The van der Waals surface area contributed by atoms with Gasteiger partial charge in [0.05, 0.1) is 18.9 Å². The number of ether oxygens (including phenoxy) is 2. The lowest BCUT2D eigenvalue weighted by Crippen LogP contribution is -2.34. The van der Waals surface area contributed by atoms with Crippen LogP contribution < -0.4 is 20.1 Å². The molecule has 0 spiro atoms. The third kappa shape index (κ3) is 6.40. The molecule has 3 N–H and O–H groups in total. The van der Waals surface area contributed by atoms with E-state index >= 15 is 0 Å². The van der Waals surface area contributed by atoms with Crippen molar-refractivity contribution >= 4 is 19.8 Å². The molecule has 2 heterocycles. The van der Waals surface area contributed by atoms with Crippen molar-refractivity contribution in [2.45, 2.75) is 32.3 Å². The molecule has 10 heteroatoms. The fourth-order valence-corrected chi connectivity index (χ4v) is 3.46. The van der Waals surface area contributed by atoms with Gasteiger partial charge in [0, 0.05) is 12.3 Å². The fraction of sp³-hybridized carbons (Fsp3) is 0.450. The summed E-state index contributed by atoms with van der Waals surface area (Å²) in [6, 6.07) is 6.42. The van der Waals surface area contributed by atoms with E-state index in [1.807, 2.05) is 6.92 Å². The molecule has 1 saturated heterocycles. The van der Waals surface area contributed by atoms with Crippen LogP contribution in [-0.2, 0) is 15.5 Å². The Hall–Kier alpha value is -2.19. The van der Waals surface area contributed by atoms with Gasteiger partial charge in [0.15, 0.2) is 11.6 Å². The summed E-state index contributed by atoms with van der Waals surface area (Å²) in [6.07, 6.45) is 3.83. The number of aromatic nitrogens is 1. The highest BCUT2D eigenvalue weighted by Gasteiger charge is 2.20. The van der Waals surface area contributed by atoms with Crippen molar-refractivity contribution in [3.05, 3.63) is 41.8 Å². The smallest absolute Gasteiger partial charge is 0.316 e. The molecule has 3 rings (SSSR count). The Balaban J connectivity index is 1.74. The highest BCUT2D eigenvalue weighted by atomic mass is 31.1. The molecule has 0 radical (unpaired) electrons. The Morgan fingerprint density at radius 2 is 2.13 bits per heavy atom. The largest absolute Gasteiger partial charge is 0.487 e. The topological polar surface area (TPSA) is 102 Å². The monoisotopic (exact) mass is 439 g/mol. The van der Waals surface area contributed by atoms with E-state index in [2.05, 4.69) is 20.1 Å². The number of piperidine rings is 1. The van der Waals surface area contributed by atoms with Crippen LogP contribution in [0.25, 0.3) is 0 Å². The maximum Gasteiger partial charge on any atom is 0.316 e. The lowest BCUT2D eigenvalue weighted by molar-refractivity contribution is 0.154. The summed E-state index contributed by atoms with van der Waals surface area (Å²) in [4.78, 5) is 13.0. The second kappa shape index (κ2) is 11.3. The number of hydrogen-bond donors (Lipinski definition) is 3. The second-order valence-corrected chi connectivity index (χ2v) is 7.61. The van der Waals surface area contributed by atoms with E-state index < -0.39 is 14.1 Å². The Morgan fingerprint density at radius 1 is 1.33 bits per heavy atom. The summed E-state index contributed by atoms with van der Waals surface area (Å²) >= 11 is 0. The average molecular weight is 439 g/mol. The van der Waals surface area contributed by atoms with Crippen LogP contribution in [0.15, 0.2) is 30.5 Å². The Bertz CT molecular complexity index is 864. The number of nitrogens with zero attached hydrogens (tertiary/aromatic N) is 1. The van der Waals surface area contributed by atoms with Crippen LogP contribution in [0.2, 0.25) is 0 Å². The van der Waals surface area contributed by atoms with Gasteiger partial charge in [0.2, 0.25) is 5.75 Å². The van der Waals surface area contributed by atoms with E-state index in [-0.39, 0.29) is 18.4 Å². The van der Waals surface area contributed by atoms with E-state index in [4.69, 9.17) is 14.4 Å². The zero-order valence-electron chi connectivity index (χ0n) is 16.8. The number of rotatable bonds is 10. The third-order valence-corrected chi connectivity index (χ3v) is 5.09. The maximum atomic E-state index is 14.6. The van der Waals surface area contributed by atoms with Gasteiger partial charge in [-0.1, -0.05) is 6.07 Å². The van der Waals surface area contributed by atoms with Crippen LogP contribution in [0.3, 0.4) is 0 Å². The fourth-order valence-electron chi connectivity index (χ4n) is 3.19. The van der Waals surface area contributed by atoms with Gasteiger partial charge < -0.3 is 29.5 Å². The van der Waals surface area contributed by atoms with Crippen LogP contribution in [0.5, 0.6) is 11.5 Å². The molecule has 0 amide bonds. The number of anilines is 2. The van der Waals surface area contributed by atoms with Crippen LogP contribution in [0.1, 0.15) is 25.3 Å². The molecule has 1 aromatic carbocycles. The van der Waals surface area contributed by atoms with Crippen LogP contribution >= 0.6 is 8.25 Å². The average Bonchev–Trinajstić information content (AvgIpc) is 2.73. The predicted molar refractivity (Wildman–Crippen MR) is 112 cm³/mol. The number of hydrogen-bond acceptors (Lipinski definition) is 7. The van der Waals surface area contributed by atoms with Gasteiger partial charge in [-0.15, -0.1) is 0 Å². The van der Waals surface area contributed by atoms with Crippen molar-refractivity contribution in [2.75, 3.05) is 31.6 Å². The molecule has 164 valence electrons. The van der Waals surface area contributed by atoms with Gasteiger partial charge in [-0.25, -0.2) is 9.37 Å². The minimum Gasteiger partial charge on any atom is -0.487 e. The van der Waals surface area contributed by atoms with Crippen LogP contribution in [0.4, 0.5) is 15.9 Å². The first-order chi connectivity index (χ1) is 14.6. The van der Waals surface area contributed by atoms with Gasteiger partial charge in [0.25, 0.3) is 0 Å². The maximum absolute atomic E-state index is 14.6. The van der Waals surface area contributed by atoms with Gasteiger partial charge >= 0.3 is 8.25 Å². The number of nitrogens with one attached hydrogen (secondary N) is 2. The highest BCUT2D eigenvalue weighted by molar-refractivity contribution is 7.32. The molecule has 1 atom stereocenters. The Labute approximate surface area is 175 Å². The molecule has 2 aromatic rings. The summed E-state index contributed by atoms with van der Waals surface area (Å²) in [5.41, 5.74) is 0.894. The Morgan fingerprint density at radius 3 is 2.83 bits per heavy atom. The molecule has 1 unspecified atom stereocenters. The predicted octanol–water partition coefficient (Wildman–Crippen LogP) is 3.43. The van der Waals surface area contributed by atoms with Gasteiger partial charge in [0.1, 0.15) is 11.9 Å². The highest BCUT2D eigenvalue weighted by Crippen LogP contribution is 2.37. The van der Waals surface area contributed by atoms with Crippen LogP contribution in [-0.4, -0.2) is 42.3 Å². The molecular formula is C20H27FN3O5P. The van der Waals surface area contributed by atoms with E-state index in [1.165, 1.54) is 6.07 Å². The first-order valence-electron chi connectivity index (χ1n) is 9.97. The number of pyridine rings is 1. The summed E-state index contributed by atoms with van der Waals surface area (Å²) in [5.74, 6) is 0.924. The van der Waals surface area contributed by atoms with Crippen molar-refractivity contribution in [3.63, 3.8) is 0 Å². The third-order valence-electron chi connectivity index (χ3n) is 4.64. The van der Waals surface area contributed by atoms with E-state index in [0.29, 0.717) is 35.9 Å². The molecule has 1 aromatic heterocycles. The first kappa shape index (κ1) is 22.5. The number of benzene rings is 1. The van der Waals surface area contributed by atoms with Crippen molar-refractivity contribution in [1.82, 2.24) is 10.3 Å². The summed E-state index contributed by atoms with van der Waals surface area (Å²) in [7, 11) is -2.98. The normalized spacial score (nSPS) is 15.6. The summed E-state index contributed by atoms with van der Waals surface area (Å²) in [6.45, 7) is 4.14. The molecular weight excluding hydrogens is 412 g/mol. The minimum absolute atomic E-state index is 0.0482. The quantitative estimate of drug-likeness (QED) is 0.484. The molecule has 0 bridgehead atoms. The zero-order chi connectivity index (χ0) is 21.3. The molecule has 1 fully saturated rings. The molecule has 1 aliphatic rings. The van der Waals surface area contributed by atoms with Crippen molar-refractivity contribution in [2.24, 2.45) is 0 Å². The second-order valence-electron chi connectivity index (χ2n) is 6.79. The van der Waals surface area contributed by atoms with Gasteiger partial charge in [-0.2, -0.15) is 0 Å². The summed E-state index contributed by atoms with van der Waals surface area (Å²) in [5, 5.41) is 6.29. The lowest BCUT2D eigenvalue weighted by Gasteiger charge is -2.25. The van der Waals surface area contributed by atoms with E-state index in [0.717, 1.165) is 25.9 Å². The molecule has 0 saturated carbocycles. The number of halogens is 1. The van der Waals surface area contributed by atoms with Gasteiger partial charge in [-0.05, 0) is 57.0 Å². The van der Waals surface area contributed by atoms with E-state index in [1.54, 1.807) is 24.4 Å². The van der Waals surface area contributed by atoms with Crippen molar-refractivity contribution in [1.29, 1.82) is 0 Å². The van der Waals surface area contributed by atoms with Gasteiger partial charge in [-0.3, -0.25) is 4.57 Å². The molecule has 30 heavy (non-hydrogen) atoms. The van der Waals surface area contributed by atoms with E-state index in [9.17, 15) is 8.96 Å².